The Morgan fingerprint density at radius 1 is 1.43 bits per heavy atom. The summed E-state index contributed by atoms with van der Waals surface area (Å²) in [6.45, 7) is 7.79. The average Bonchev–Trinajstić information content (AvgIpc) is 3.06. The third kappa shape index (κ3) is 3.18. The Balaban J connectivity index is 1.64. The molecule has 2 N–H and O–H groups in total. The van der Waals surface area contributed by atoms with Crippen LogP contribution in [-0.4, -0.2) is 32.9 Å². The van der Waals surface area contributed by atoms with E-state index in [2.05, 4.69) is 33.7 Å². The first-order valence-electron chi connectivity index (χ1n) is 7.89. The molecule has 0 unspecified atom stereocenters. The highest BCUT2D eigenvalue weighted by Crippen LogP contribution is 2.25. The Labute approximate surface area is 124 Å². The highest BCUT2D eigenvalue weighted by molar-refractivity contribution is 5.77. The van der Waals surface area contributed by atoms with Gasteiger partial charge in [-0.05, 0) is 31.2 Å². The normalized spacial score (nSPS) is 19.9. The summed E-state index contributed by atoms with van der Waals surface area (Å²) in [5, 5.41) is 0. The number of aromatic amines is 2. The van der Waals surface area contributed by atoms with Gasteiger partial charge < -0.3 is 9.97 Å². The molecular formula is C16H24N4O. The quantitative estimate of drug-likeness (QED) is 0.888. The molecule has 3 rings (SSSR count). The Kier molecular flexibility index (Phi) is 4.10. The smallest absolute Gasteiger partial charge is 0.275 e. The van der Waals surface area contributed by atoms with Crippen molar-refractivity contribution in [1.82, 2.24) is 19.9 Å². The molecule has 0 aliphatic carbocycles. The summed E-state index contributed by atoms with van der Waals surface area (Å²) in [7, 11) is 0. The summed E-state index contributed by atoms with van der Waals surface area (Å²) in [5.41, 5.74) is 2.43. The van der Waals surface area contributed by atoms with Crippen LogP contribution in [0.15, 0.2) is 17.3 Å². The third-order valence-electron chi connectivity index (χ3n) is 4.46. The van der Waals surface area contributed by atoms with Crippen molar-refractivity contribution in [1.29, 1.82) is 0 Å². The summed E-state index contributed by atoms with van der Waals surface area (Å²) in [4.78, 5) is 24.1. The second kappa shape index (κ2) is 6.02. The standard InChI is InChI=1S/C16H24N4O/c1-11(2)3-4-12-5-6-20(8-12)9-13-7-17-15-14(13)18-10-19-16(15)21/h7,10-12,17H,3-6,8-9H2,1-2H3,(H,18,19,21)/t12-/m1/s1. The van der Waals surface area contributed by atoms with Crippen LogP contribution in [0.25, 0.3) is 11.0 Å². The Hall–Kier alpha value is -1.62. The minimum Gasteiger partial charge on any atom is -0.355 e. The number of rotatable bonds is 5. The number of nitrogens with one attached hydrogen (secondary N) is 2. The monoisotopic (exact) mass is 288 g/mol. The Morgan fingerprint density at radius 3 is 3.10 bits per heavy atom. The maximum atomic E-state index is 11.7. The molecule has 0 aromatic carbocycles. The van der Waals surface area contributed by atoms with Crippen LogP contribution in [0.4, 0.5) is 0 Å². The number of H-pyrrole nitrogens is 2. The van der Waals surface area contributed by atoms with E-state index in [9.17, 15) is 4.79 Å². The molecule has 1 saturated heterocycles. The van der Waals surface area contributed by atoms with E-state index in [1.165, 1.54) is 32.1 Å². The van der Waals surface area contributed by atoms with Crippen LogP contribution < -0.4 is 5.56 Å². The van der Waals surface area contributed by atoms with E-state index in [0.717, 1.165) is 36.0 Å². The highest BCUT2D eigenvalue weighted by atomic mass is 16.1. The lowest BCUT2D eigenvalue weighted by Crippen LogP contribution is -2.20. The second-order valence-electron chi connectivity index (χ2n) is 6.63. The van der Waals surface area contributed by atoms with Crippen LogP contribution >= 0.6 is 0 Å². The molecule has 0 saturated carbocycles. The molecular weight excluding hydrogens is 264 g/mol. The number of fused-ring (bicyclic) bond motifs is 1. The van der Waals surface area contributed by atoms with E-state index < -0.39 is 0 Å². The molecule has 0 radical (unpaired) electrons. The minimum absolute atomic E-state index is 0.0949. The molecule has 0 spiro atoms. The summed E-state index contributed by atoms with van der Waals surface area (Å²) >= 11 is 0. The molecule has 3 heterocycles. The van der Waals surface area contributed by atoms with Gasteiger partial charge in [0.15, 0.2) is 0 Å². The maximum Gasteiger partial charge on any atom is 0.275 e. The second-order valence-corrected chi connectivity index (χ2v) is 6.63. The van der Waals surface area contributed by atoms with E-state index in [1.807, 2.05) is 6.20 Å². The van der Waals surface area contributed by atoms with Gasteiger partial charge in [-0.15, -0.1) is 0 Å². The predicted molar refractivity (Wildman–Crippen MR) is 84.2 cm³/mol. The fourth-order valence-corrected chi connectivity index (χ4v) is 3.23. The van der Waals surface area contributed by atoms with Crippen LogP contribution in [0.2, 0.25) is 0 Å². The van der Waals surface area contributed by atoms with Gasteiger partial charge in [0.25, 0.3) is 5.56 Å². The van der Waals surface area contributed by atoms with Gasteiger partial charge in [0, 0.05) is 24.8 Å². The maximum absolute atomic E-state index is 11.7. The van der Waals surface area contributed by atoms with Crippen molar-refractivity contribution in [2.45, 2.75) is 39.7 Å². The molecule has 5 nitrogen and oxygen atoms in total. The summed E-state index contributed by atoms with van der Waals surface area (Å²) < 4.78 is 0. The molecule has 21 heavy (non-hydrogen) atoms. The number of nitrogens with zero attached hydrogens (tertiary/aromatic N) is 2. The molecule has 114 valence electrons. The molecule has 0 bridgehead atoms. The van der Waals surface area contributed by atoms with Crippen LogP contribution in [0.1, 0.15) is 38.7 Å². The van der Waals surface area contributed by atoms with Gasteiger partial charge in [-0.3, -0.25) is 9.69 Å². The van der Waals surface area contributed by atoms with Gasteiger partial charge in [0.1, 0.15) is 5.52 Å². The lowest BCUT2D eigenvalue weighted by Gasteiger charge is -2.15. The van der Waals surface area contributed by atoms with Gasteiger partial charge >= 0.3 is 0 Å². The molecule has 2 aromatic rings. The summed E-state index contributed by atoms with van der Waals surface area (Å²) in [6, 6.07) is 0. The SMILES string of the molecule is CC(C)CC[C@@H]1CCN(Cc2c[nH]c3c(=O)[nH]cnc23)C1. The van der Waals surface area contributed by atoms with E-state index >= 15 is 0 Å². The molecule has 2 aromatic heterocycles. The predicted octanol–water partition coefficient (Wildman–Crippen LogP) is 2.51. The highest BCUT2D eigenvalue weighted by Gasteiger charge is 2.23. The van der Waals surface area contributed by atoms with Crippen LogP contribution in [-0.2, 0) is 6.54 Å². The van der Waals surface area contributed by atoms with Gasteiger partial charge in [-0.1, -0.05) is 20.3 Å². The topological polar surface area (TPSA) is 64.8 Å². The fourth-order valence-electron chi connectivity index (χ4n) is 3.23. The van der Waals surface area contributed by atoms with Crippen molar-refractivity contribution >= 4 is 11.0 Å². The van der Waals surface area contributed by atoms with Crippen LogP contribution in [0.5, 0.6) is 0 Å². The molecule has 5 heteroatoms. The van der Waals surface area contributed by atoms with Crippen molar-refractivity contribution in [2.24, 2.45) is 11.8 Å². The van der Waals surface area contributed by atoms with Crippen molar-refractivity contribution in [2.75, 3.05) is 13.1 Å². The van der Waals surface area contributed by atoms with Crippen LogP contribution in [0.3, 0.4) is 0 Å². The third-order valence-corrected chi connectivity index (χ3v) is 4.46. The number of hydrogen-bond acceptors (Lipinski definition) is 3. The van der Waals surface area contributed by atoms with E-state index in [-0.39, 0.29) is 5.56 Å². The van der Waals surface area contributed by atoms with E-state index in [1.54, 1.807) is 0 Å². The Morgan fingerprint density at radius 2 is 2.29 bits per heavy atom. The number of aromatic nitrogens is 3. The first-order valence-corrected chi connectivity index (χ1v) is 7.89. The van der Waals surface area contributed by atoms with Crippen molar-refractivity contribution in [3.05, 3.63) is 28.4 Å². The fraction of sp³-hybridized carbons (Fsp3) is 0.625. The molecule has 1 fully saturated rings. The summed E-state index contributed by atoms with van der Waals surface area (Å²) in [6.07, 6.45) is 7.36. The average molecular weight is 288 g/mol. The van der Waals surface area contributed by atoms with Crippen molar-refractivity contribution < 1.29 is 0 Å². The van der Waals surface area contributed by atoms with Gasteiger partial charge in [0.2, 0.25) is 0 Å². The van der Waals surface area contributed by atoms with Crippen molar-refractivity contribution in [3.8, 4) is 0 Å². The summed E-state index contributed by atoms with van der Waals surface area (Å²) in [5.74, 6) is 1.62. The van der Waals surface area contributed by atoms with Gasteiger partial charge in [-0.25, -0.2) is 4.98 Å². The zero-order valence-corrected chi connectivity index (χ0v) is 12.9. The molecule has 0 amide bonds. The molecule has 1 aliphatic heterocycles. The van der Waals surface area contributed by atoms with Crippen LogP contribution in [0, 0.1) is 11.8 Å². The zero-order valence-electron chi connectivity index (χ0n) is 12.9. The zero-order chi connectivity index (χ0) is 14.8. The number of hydrogen-bond donors (Lipinski definition) is 2. The minimum atomic E-state index is -0.0949. The van der Waals surface area contributed by atoms with E-state index in [0.29, 0.717) is 5.52 Å². The Bertz CT molecular complexity index is 658. The number of likely N-dealkylation sites (tertiary alicyclic amines) is 1. The first kappa shape index (κ1) is 14.3. The lowest BCUT2D eigenvalue weighted by atomic mass is 9.97. The lowest BCUT2D eigenvalue weighted by molar-refractivity contribution is 0.309. The molecule has 1 aliphatic rings. The first-order chi connectivity index (χ1) is 10.1. The molecule has 1 atom stereocenters. The largest absolute Gasteiger partial charge is 0.355 e. The van der Waals surface area contributed by atoms with Crippen molar-refractivity contribution in [3.63, 3.8) is 0 Å². The van der Waals surface area contributed by atoms with Gasteiger partial charge in [-0.2, -0.15) is 0 Å². The van der Waals surface area contributed by atoms with Gasteiger partial charge in [0.05, 0.1) is 11.8 Å². The van der Waals surface area contributed by atoms with E-state index in [4.69, 9.17) is 0 Å².